The van der Waals surface area contributed by atoms with Gasteiger partial charge in [0.1, 0.15) is 12.4 Å². The van der Waals surface area contributed by atoms with Crippen molar-refractivity contribution < 1.29 is 9.53 Å². The maximum Gasteiger partial charge on any atom is 0.416 e. The van der Waals surface area contributed by atoms with E-state index in [1.165, 1.54) is 4.90 Å². The van der Waals surface area contributed by atoms with Crippen LogP contribution in [-0.4, -0.2) is 43.7 Å². The molecule has 10 nitrogen and oxygen atoms in total. The Hall–Kier alpha value is -4.00. The molecule has 1 aliphatic rings. The van der Waals surface area contributed by atoms with Crippen LogP contribution < -0.4 is 10.2 Å². The van der Waals surface area contributed by atoms with Crippen molar-refractivity contribution in [1.29, 1.82) is 5.26 Å². The Bertz CT molecular complexity index is 1060. The smallest absolute Gasteiger partial charge is 0.416 e. The first-order valence-electron chi connectivity index (χ1n) is 9.56. The summed E-state index contributed by atoms with van der Waals surface area (Å²) in [5, 5.41) is 12.0. The molecule has 0 saturated carbocycles. The number of nitrogens with one attached hydrogen (secondary N) is 1. The van der Waals surface area contributed by atoms with E-state index in [-0.39, 0.29) is 5.95 Å². The highest BCUT2D eigenvalue weighted by Crippen LogP contribution is 2.16. The van der Waals surface area contributed by atoms with Gasteiger partial charge in [-0.1, -0.05) is 13.8 Å². The SMILES string of the molecule is CC.Cc1nc(NCc2cn(-c3ccc(C#N)cc3)cn2)nc(N2CCOC2=O)n1. The van der Waals surface area contributed by atoms with Gasteiger partial charge in [0.05, 0.1) is 36.7 Å². The highest BCUT2D eigenvalue weighted by atomic mass is 16.6. The molecule has 1 N–H and O–H groups in total. The second kappa shape index (κ2) is 9.47. The van der Waals surface area contributed by atoms with Crippen LogP contribution in [0, 0.1) is 18.3 Å². The second-order valence-electron chi connectivity index (χ2n) is 6.06. The lowest BCUT2D eigenvalue weighted by molar-refractivity contribution is 0.181. The minimum Gasteiger partial charge on any atom is -0.447 e. The van der Waals surface area contributed by atoms with Gasteiger partial charge in [0.2, 0.25) is 11.9 Å². The largest absolute Gasteiger partial charge is 0.447 e. The van der Waals surface area contributed by atoms with E-state index in [1.807, 2.05) is 36.7 Å². The zero-order valence-corrected chi connectivity index (χ0v) is 17.0. The molecule has 0 unspecified atom stereocenters. The maximum atomic E-state index is 11.7. The molecule has 1 aromatic carbocycles. The summed E-state index contributed by atoms with van der Waals surface area (Å²) in [6.07, 6.45) is 3.11. The number of amides is 1. The number of hydrogen-bond donors (Lipinski definition) is 1. The minimum atomic E-state index is -0.460. The van der Waals surface area contributed by atoms with Gasteiger partial charge >= 0.3 is 6.09 Å². The zero-order chi connectivity index (χ0) is 21.5. The number of aromatic nitrogens is 5. The summed E-state index contributed by atoms with van der Waals surface area (Å²) in [7, 11) is 0. The molecule has 3 aromatic rings. The van der Waals surface area contributed by atoms with Gasteiger partial charge in [-0.15, -0.1) is 0 Å². The van der Waals surface area contributed by atoms with Crippen LogP contribution in [0.5, 0.6) is 0 Å². The molecule has 4 rings (SSSR count). The number of benzene rings is 1. The normalized spacial score (nSPS) is 12.6. The van der Waals surface area contributed by atoms with E-state index in [9.17, 15) is 4.79 Å². The fraction of sp³-hybridized carbons (Fsp3) is 0.300. The quantitative estimate of drug-likeness (QED) is 0.686. The van der Waals surface area contributed by atoms with Crippen LogP contribution in [-0.2, 0) is 11.3 Å². The number of imidazole rings is 1. The number of rotatable bonds is 5. The molecule has 0 bridgehead atoms. The lowest BCUT2D eigenvalue weighted by Crippen LogP contribution is -2.26. The van der Waals surface area contributed by atoms with Gasteiger partial charge in [0.25, 0.3) is 0 Å². The predicted molar refractivity (Wildman–Crippen MR) is 110 cm³/mol. The standard InChI is InChI=1S/C18H16N8O2.C2H6/c1-12-22-16(24-17(23-12)26-6-7-28-18(26)27)20-9-14-10-25(11-21-14)15-4-2-13(8-19)3-5-15;1-2/h2-5,10-11H,6-7,9H2,1H3,(H,20,22,23,24);1-2H3. The number of aryl methyl sites for hydroxylation is 1. The fourth-order valence-corrected chi connectivity index (χ4v) is 2.72. The maximum absolute atomic E-state index is 11.7. The molecule has 3 heterocycles. The summed E-state index contributed by atoms with van der Waals surface area (Å²) in [4.78, 5) is 30.2. The predicted octanol–water partition coefficient (Wildman–Crippen LogP) is 2.83. The molecule has 154 valence electrons. The molecular formula is C20H22N8O2. The summed E-state index contributed by atoms with van der Waals surface area (Å²) in [5.41, 5.74) is 2.29. The first-order chi connectivity index (χ1) is 14.6. The molecule has 30 heavy (non-hydrogen) atoms. The molecule has 0 spiro atoms. The van der Waals surface area contributed by atoms with Crippen LogP contribution in [0.4, 0.5) is 16.7 Å². The van der Waals surface area contributed by atoms with Gasteiger partial charge in [-0.25, -0.2) is 14.7 Å². The molecule has 0 atom stereocenters. The van der Waals surface area contributed by atoms with E-state index in [2.05, 4.69) is 31.3 Å². The van der Waals surface area contributed by atoms with Crippen LogP contribution in [0.15, 0.2) is 36.8 Å². The Kier molecular flexibility index (Phi) is 6.54. The second-order valence-corrected chi connectivity index (χ2v) is 6.06. The van der Waals surface area contributed by atoms with Crippen molar-refractivity contribution in [1.82, 2.24) is 24.5 Å². The van der Waals surface area contributed by atoms with Crippen molar-refractivity contribution >= 4 is 18.0 Å². The van der Waals surface area contributed by atoms with Crippen LogP contribution in [0.3, 0.4) is 0 Å². The van der Waals surface area contributed by atoms with Gasteiger partial charge in [0, 0.05) is 11.9 Å². The third-order valence-corrected chi connectivity index (χ3v) is 4.10. The Labute approximate surface area is 174 Å². The number of nitrogens with zero attached hydrogens (tertiary/aromatic N) is 7. The molecule has 1 fully saturated rings. The van der Waals surface area contributed by atoms with Crippen molar-refractivity contribution in [2.45, 2.75) is 27.3 Å². The van der Waals surface area contributed by atoms with E-state index < -0.39 is 6.09 Å². The Balaban J connectivity index is 0.00000124. The molecule has 10 heteroatoms. The number of ether oxygens (including phenoxy) is 1. The van der Waals surface area contributed by atoms with Crippen molar-refractivity contribution in [3.05, 3.63) is 53.9 Å². The van der Waals surface area contributed by atoms with E-state index in [0.717, 1.165) is 11.4 Å². The zero-order valence-electron chi connectivity index (χ0n) is 17.0. The van der Waals surface area contributed by atoms with E-state index in [1.54, 1.807) is 25.4 Å². The van der Waals surface area contributed by atoms with Gasteiger partial charge in [0.15, 0.2) is 0 Å². The van der Waals surface area contributed by atoms with Crippen molar-refractivity contribution in [3.8, 4) is 11.8 Å². The monoisotopic (exact) mass is 406 g/mol. The number of cyclic esters (lactones) is 1. The van der Waals surface area contributed by atoms with E-state index in [4.69, 9.17) is 10.00 Å². The Morgan fingerprint density at radius 2 is 1.97 bits per heavy atom. The first-order valence-corrected chi connectivity index (χ1v) is 9.56. The molecule has 1 aliphatic heterocycles. The molecule has 0 radical (unpaired) electrons. The fourth-order valence-electron chi connectivity index (χ4n) is 2.72. The average Bonchev–Trinajstić information content (AvgIpc) is 3.42. The van der Waals surface area contributed by atoms with Gasteiger partial charge in [-0.05, 0) is 31.2 Å². The van der Waals surface area contributed by atoms with Crippen LogP contribution >= 0.6 is 0 Å². The molecular weight excluding hydrogens is 384 g/mol. The highest BCUT2D eigenvalue weighted by molar-refractivity contribution is 5.87. The summed E-state index contributed by atoms with van der Waals surface area (Å²) in [6, 6.07) is 9.32. The Morgan fingerprint density at radius 3 is 2.63 bits per heavy atom. The third kappa shape index (κ3) is 4.70. The molecule has 1 saturated heterocycles. The van der Waals surface area contributed by atoms with E-state index >= 15 is 0 Å². The first kappa shape index (κ1) is 20.7. The minimum absolute atomic E-state index is 0.264. The van der Waals surface area contributed by atoms with Gasteiger partial charge in [-0.3, -0.25) is 0 Å². The van der Waals surface area contributed by atoms with Gasteiger partial charge in [-0.2, -0.15) is 20.2 Å². The van der Waals surface area contributed by atoms with Crippen molar-refractivity contribution in [2.24, 2.45) is 0 Å². The highest BCUT2D eigenvalue weighted by Gasteiger charge is 2.26. The van der Waals surface area contributed by atoms with Crippen LogP contribution in [0.1, 0.15) is 30.9 Å². The van der Waals surface area contributed by atoms with Crippen molar-refractivity contribution in [3.63, 3.8) is 0 Å². The third-order valence-electron chi connectivity index (χ3n) is 4.10. The van der Waals surface area contributed by atoms with E-state index in [0.29, 0.717) is 37.0 Å². The average molecular weight is 406 g/mol. The lowest BCUT2D eigenvalue weighted by atomic mass is 10.2. The summed E-state index contributed by atoms with van der Waals surface area (Å²) >= 11 is 0. The summed E-state index contributed by atoms with van der Waals surface area (Å²) < 4.78 is 6.79. The number of carbonyl (C=O) groups excluding carboxylic acids is 1. The van der Waals surface area contributed by atoms with Crippen LogP contribution in [0.2, 0.25) is 0 Å². The Morgan fingerprint density at radius 1 is 1.20 bits per heavy atom. The summed E-state index contributed by atoms with van der Waals surface area (Å²) in [5.74, 6) is 1.12. The molecule has 1 amide bonds. The lowest BCUT2D eigenvalue weighted by Gasteiger charge is -2.12. The summed E-state index contributed by atoms with van der Waals surface area (Å²) in [6.45, 7) is 6.86. The molecule has 2 aromatic heterocycles. The topological polar surface area (TPSA) is 122 Å². The number of hydrogen-bond acceptors (Lipinski definition) is 8. The van der Waals surface area contributed by atoms with Gasteiger partial charge < -0.3 is 14.6 Å². The van der Waals surface area contributed by atoms with Crippen LogP contribution in [0.25, 0.3) is 5.69 Å². The molecule has 0 aliphatic carbocycles. The number of nitriles is 1. The number of anilines is 2. The number of carbonyl (C=O) groups is 1. The van der Waals surface area contributed by atoms with Crippen molar-refractivity contribution in [2.75, 3.05) is 23.4 Å².